The molecule has 28 heavy (non-hydrogen) atoms. The van der Waals surface area contributed by atoms with E-state index in [0.717, 1.165) is 5.57 Å². The molecule has 4 nitrogen and oxygen atoms in total. The van der Waals surface area contributed by atoms with Crippen LogP contribution in [0.4, 0.5) is 5.69 Å². The standard InChI is InChI=1S/C23H22ClNO3/c1-16(2)15-21(22-9-6-14-28-22)25(17-10-12-18(27-3)13-11-17)23(26)19-7-4-5-8-20(19)24/h4-14,21H,1,15H2,2-3H3. The van der Waals surface area contributed by atoms with Crippen LogP contribution in [0, 0.1) is 0 Å². The van der Waals surface area contributed by atoms with E-state index in [1.807, 2.05) is 43.3 Å². The largest absolute Gasteiger partial charge is 0.497 e. The molecule has 1 amide bonds. The summed E-state index contributed by atoms with van der Waals surface area (Å²) < 4.78 is 10.9. The van der Waals surface area contributed by atoms with Crippen molar-refractivity contribution >= 4 is 23.2 Å². The zero-order chi connectivity index (χ0) is 20.1. The van der Waals surface area contributed by atoms with E-state index in [-0.39, 0.29) is 11.9 Å². The number of hydrogen-bond acceptors (Lipinski definition) is 3. The van der Waals surface area contributed by atoms with Gasteiger partial charge in [0, 0.05) is 5.69 Å². The Morgan fingerprint density at radius 2 is 1.86 bits per heavy atom. The number of nitrogens with zero attached hydrogens (tertiary/aromatic N) is 1. The minimum Gasteiger partial charge on any atom is -0.497 e. The molecule has 0 aliphatic heterocycles. The summed E-state index contributed by atoms with van der Waals surface area (Å²) in [6.45, 7) is 5.96. The van der Waals surface area contributed by atoms with Crippen LogP contribution in [0.1, 0.15) is 35.5 Å². The Bertz CT molecular complexity index is 948. The Kier molecular flexibility index (Phi) is 6.22. The van der Waals surface area contributed by atoms with Crippen LogP contribution in [0.15, 0.2) is 83.5 Å². The first-order valence-electron chi connectivity index (χ1n) is 8.91. The predicted octanol–water partition coefficient (Wildman–Crippen LogP) is 6.30. The summed E-state index contributed by atoms with van der Waals surface area (Å²) >= 11 is 6.33. The summed E-state index contributed by atoms with van der Waals surface area (Å²) in [5.41, 5.74) is 2.08. The molecule has 1 atom stereocenters. The van der Waals surface area contributed by atoms with Gasteiger partial charge in [-0.05, 0) is 61.9 Å². The molecule has 2 aromatic carbocycles. The molecule has 0 saturated heterocycles. The topological polar surface area (TPSA) is 42.7 Å². The van der Waals surface area contributed by atoms with Crippen LogP contribution in [0.3, 0.4) is 0 Å². The Balaban J connectivity index is 2.12. The highest BCUT2D eigenvalue weighted by Crippen LogP contribution is 2.35. The van der Waals surface area contributed by atoms with Crippen LogP contribution in [0.5, 0.6) is 5.75 Å². The van der Waals surface area contributed by atoms with Crippen molar-refractivity contribution in [3.63, 3.8) is 0 Å². The molecule has 0 aliphatic carbocycles. The van der Waals surface area contributed by atoms with Gasteiger partial charge in [-0.2, -0.15) is 0 Å². The third-order valence-corrected chi connectivity index (χ3v) is 4.73. The van der Waals surface area contributed by atoms with E-state index in [0.29, 0.717) is 34.2 Å². The molecular formula is C23H22ClNO3. The van der Waals surface area contributed by atoms with Gasteiger partial charge in [0.05, 0.1) is 30.0 Å². The number of anilines is 1. The summed E-state index contributed by atoms with van der Waals surface area (Å²) in [6, 6.07) is 17.7. The van der Waals surface area contributed by atoms with Gasteiger partial charge in [-0.3, -0.25) is 9.69 Å². The lowest BCUT2D eigenvalue weighted by molar-refractivity contribution is 0.0973. The number of rotatable bonds is 7. The van der Waals surface area contributed by atoms with E-state index in [1.54, 1.807) is 42.5 Å². The molecule has 0 bridgehead atoms. The van der Waals surface area contributed by atoms with Gasteiger partial charge < -0.3 is 9.15 Å². The van der Waals surface area contributed by atoms with Crippen LogP contribution < -0.4 is 9.64 Å². The van der Waals surface area contributed by atoms with Crippen molar-refractivity contribution in [2.24, 2.45) is 0 Å². The minimum absolute atomic E-state index is 0.210. The Morgan fingerprint density at radius 1 is 1.14 bits per heavy atom. The van der Waals surface area contributed by atoms with E-state index in [1.165, 1.54) is 0 Å². The molecule has 0 radical (unpaired) electrons. The second kappa shape index (κ2) is 8.81. The minimum atomic E-state index is -0.357. The van der Waals surface area contributed by atoms with Crippen LogP contribution in [-0.2, 0) is 0 Å². The van der Waals surface area contributed by atoms with E-state index >= 15 is 0 Å². The molecule has 3 rings (SSSR count). The molecule has 0 saturated carbocycles. The monoisotopic (exact) mass is 395 g/mol. The van der Waals surface area contributed by atoms with Gasteiger partial charge in [0.1, 0.15) is 11.5 Å². The number of hydrogen-bond donors (Lipinski definition) is 0. The third kappa shape index (κ3) is 4.29. The number of ether oxygens (including phenoxy) is 1. The van der Waals surface area contributed by atoms with Crippen LogP contribution in [0.2, 0.25) is 5.02 Å². The lowest BCUT2D eigenvalue weighted by Gasteiger charge is -2.31. The van der Waals surface area contributed by atoms with Gasteiger partial charge >= 0.3 is 0 Å². The number of amides is 1. The van der Waals surface area contributed by atoms with Crippen molar-refractivity contribution in [3.05, 3.63) is 95.4 Å². The highest BCUT2D eigenvalue weighted by Gasteiger charge is 2.30. The maximum atomic E-state index is 13.6. The second-order valence-corrected chi connectivity index (χ2v) is 6.95. The number of carbonyl (C=O) groups excluding carboxylic acids is 1. The molecule has 0 N–H and O–H groups in total. The van der Waals surface area contributed by atoms with Crippen molar-refractivity contribution in [3.8, 4) is 5.75 Å². The van der Waals surface area contributed by atoms with Gasteiger partial charge in [0.15, 0.2) is 0 Å². The molecular weight excluding hydrogens is 374 g/mol. The lowest BCUT2D eigenvalue weighted by Crippen LogP contribution is -2.35. The zero-order valence-corrected chi connectivity index (χ0v) is 16.6. The summed E-state index contributed by atoms with van der Waals surface area (Å²) in [5.74, 6) is 1.18. The smallest absolute Gasteiger partial charge is 0.260 e. The predicted molar refractivity (Wildman–Crippen MR) is 112 cm³/mol. The highest BCUT2D eigenvalue weighted by atomic mass is 35.5. The van der Waals surface area contributed by atoms with Crippen molar-refractivity contribution in [1.29, 1.82) is 0 Å². The normalized spacial score (nSPS) is 11.7. The summed E-state index contributed by atoms with van der Waals surface area (Å²) in [4.78, 5) is 15.3. The van der Waals surface area contributed by atoms with Crippen molar-refractivity contribution in [1.82, 2.24) is 0 Å². The van der Waals surface area contributed by atoms with Crippen LogP contribution >= 0.6 is 11.6 Å². The molecule has 0 fully saturated rings. The van der Waals surface area contributed by atoms with Crippen molar-refractivity contribution in [2.45, 2.75) is 19.4 Å². The van der Waals surface area contributed by atoms with E-state index in [2.05, 4.69) is 6.58 Å². The molecule has 3 aromatic rings. The lowest BCUT2D eigenvalue weighted by atomic mass is 10.0. The molecule has 1 aromatic heterocycles. The first-order valence-corrected chi connectivity index (χ1v) is 9.29. The molecule has 1 heterocycles. The maximum Gasteiger partial charge on any atom is 0.260 e. The van der Waals surface area contributed by atoms with Gasteiger partial charge in [-0.1, -0.05) is 29.3 Å². The van der Waals surface area contributed by atoms with Crippen LogP contribution in [-0.4, -0.2) is 13.0 Å². The van der Waals surface area contributed by atoms with Crippen molar-refractivity contribution in [2.75, 3.05) is 12.0 Å². The Hall–Kier alpha value is -2.98. The number of furan rings is 1. The SMILES string of the molecule is C=C(C)CC(c1ccco1)N(C(=O)c1ccccc1Cl)c1ccc(OC)cc1. The fourth-order valence-electron chi connectivity index (χ4n) is 3.08. The third-order valence-electron chi connectivity index (χ3n) is 4.40. The fraction of sp³-hybridized carbons (Fsp3) is 0.174. The van der Waals surface area contributed by atoms with Gasteiger partial charge in [-0.15, -0.1) is 6.58 Å². The van der Waals surface area contributed by atoms with E-state index < -0.39 is 0 Å². The first kappa shape index (κ1) is 19.8. The first-order chi connectivity index (χ1) is 13.5. The van der Waals surface area contributed by atoms with E-state index in [9.17, 15) is 4.79 Å². The molecule has 0 spiro atoms. The zero-order valence-electron chi connectivity index (χ0n) is 15.9. The second-order valence-electron chi connectivity index (χ2n) is 6.55. The van der Waals surface area contributed by atoms with Gasteiger partial charge in [0.2, 0.25) is 0 Å². The maximum absolute atomic E-state index is 13.6. The number of carbonyl (C=O) groups is 1. The Morgan fingerprint density at radius 3 is 2.43 bits per heavy atom. The van der Waals surface area contributed by atoms with Gasteiger partial charge in [-0.25, -0.2) is 0 Å². The van der Waals surface area contributed by atoms with Crippen molar-refractivity contribution < 1.29 is 13.9 Å². The number of methoxy groups -OCH3 is 1. The molecule has 144 valence electrons. The molecule has 1 unspecified atom stereocenters. The van der Waals surface area contributed by atoms with E-state index in [4.69, 9.17) is 20.8 Å². The number of benzene rings is 2. The molecule has 0 aliphatic rings. The molecule has 5 heteroatoms. The van der Waals surface area contributed by atoms with Crippen LogP contribution in [0.25, 0.3) is 0 Å². The highest BCUT2D eigenvalue weighted by molar-refractivity contribution is 6.34. The summed E-state index contributed by atoms with van der Waals surface area (Å²) in [6.07, 6.45) is 2.16. The average Bonchev–Trinajstić information content (AvgIpc) is 3.22. The number of halogens is 1. The fourth-order valence-corrected chi connectivity index (χ4v) is 3.29. The summed E-state index contributed by atoms with van der Waals surface area (Å²) in [7, 11) is 1.61. The summed E-state index contributed by atoms with van der Waals surface area (Å²) in [5, 5.41) is 0.402. The van der Waals surface area contributed by atoms with Gasteiger partial charge in [0.25, 0.3) is 5.91 Å². The average molecular weight is 396 g/mol. The quantitative estimate of drug-likeness (QED) is 0.441. The Labute approximate surface area is 170 Å².